The second kappa shape index (κ2) is 2.43. The van der Waals surface area contributed by atoms with Gasteiger partial charge in [0, 0.05) is 12.4 Å². The summed E-state index contributed by atoms with van der Waals surface area (Å²) in [4.78, 5) is -1.98. The molecule has 0 aliphatic rings. The Morgan fingerprint density at radius 3 is 2.07 bits per heavy atom. The van der Waals surface area contributed by atoms with Gasteiger partial charge in [-0.05, 0) is 18.2 Å². The van der Waals surface area contributed by atoms with Crippen LogP contribution < -0.4 is 0 Å². The average molecular weight is 249 g/mol. The lowest BCUT2D eigenvalue weighted by atomic mass is 10.3. The van der Waals surface area contributed by atoms with E-state index in [1.807, 2.05) is 0 Å². The lowest BCUT2D eigenvalue weighted by Gasteiger charge is -2.40. The molecule has 0 amide bonds. The maximum absolute atomic E-state index is 12.2. The van der Waals surface area contributed by atoms with Crippen LogP contribution in [0.15, 0.2) is 33.5 Å². The molecule has 0 saturated carbocycles. The topological polar surface area (TPSA) is 12.4 Å². The molecule has 0 spiro atoms. The molecule has 1 aromatic rings. The third-order valence-electron chi connectivity index (χ3n) is 1.37. The van der Waals surface area contributed by atoms with E-state index in [0.717, 1.165) is 12.1 Å². The molecule has 0 aromatic heterocycles. The minimum Gasteiger partial charge on any atom is -0.182 e. The molecule has 0 heterocycles. The van der Waals surface area contributed by atoms with Crippen LogP contribution in [0.4, 0.5) is 25.1 Å². The Kier molecular flexibility index (Phi) is 1.96. The van der Waals surface area contributed by atoms with Gasteiger partial charge in [0.25, 0.3) is 0 Å². The van der Waals surface area contributed by atoms with Crippen molar-refractivity contribution in [2.45, 2.75) is 4.90 Å². The molecule has 1 aromatic carbocycles. The van der Waals surface area contributed by atoms with Crippen LogP contribution in [-0.2, 0) is 12.4 Å². The molecule has 0 radical (unpaired) electrons. The van der Waals surface area contributed by atoms with Crippen molar-refractivity contribution >= 4 is 28.3 Å². The van der Waals surface area contributed by atoms with E-state index in [9.17, 15) is 19.4 Å². The van der Waals surface area contributed by atoms with Crippen molar-refractivity contribution in [3.63, 3.8) is 0 Å². The Labute approximate surface area is 81.8 Å². The second-order valence-corrected chi connectivity index (χ2v) is 5.15. The molecule has 80 valence electrons. The highest BCUT2D eigenvalue weighted by Crippen LogP contribution is 3.02. The zero-order valence-corrected chi connectivity index (χ0v) is 8.10. The van der Waals surface area contributed by atoms with Gasteiger partial charge in [0.15, 0.2) is 0 Å². The summed E-state index contributed by atoms with van der Waals surface area (Å²) in [5.41, 5.74) is -0.314. The Balaban J connectivity index is 3.43. The Bertz CT molecular complexity index is 384. The Morgan fingerprint density at radius 1 is 1.07 bits per heavy atom. The van der Waals surface area contributed by atoms with Crippen molar-refractivity contribution in [3.8, 4) is 0 Å². The van der Waals surface area contributed by atoms with E-state index in [0.29, 0.717) is 6.07 Å². The summed E-state index contributed by atoms with van der Waals surface area (Å²) in [5.74, 6) is 0. The summed E-state index contributed by atoms with van der Waals surface area (Å²) in [6.07, 6.45) is 0. The van der Waals surface area contributed by atoms with E-state index in [4.69, 9.17) is 0 Å². The quantitative estimate of drug-likeness (QED) is 0.691. The first-order chi connectivity index (χ1) is 6.03. The molecular formula is C6H4F5NS2. The molecule has 0 atom stereocenters. The zero-order valence-electron chi connectivity index (χ0n) is 6.46. The molecule has 0 aliphatic heterocycles. The fraction of sp³-hybridized carbons (Fsp3) is 0. The lowest BCUT2D eigenvalue weighted by molar-refractivity contribution is 0.364. The van der Waals surface area contributed by atoms with E-state index < -0.39 is 15.1 Å². The predicted octanol–water partition coefficient (Wildman–Crippen LogP) is 4.71. The third kappa shape index (κ3) is 2.61. The van der Waals surface area contributed by atoms with Gasteiger partial charge in [0.2, 0.25) is 0 Å². The normalized spacial score (nSPS) is 16.9. The average Bonchev–Trinajstić information content (AvgIpc) is 2.01. The molecule has 0 unspecified atom stereocenters. The highest BCUT2D eigenvalue weighted by molar-refractivity contribution is 8.45. The van der Waals surface area contributed by atoms with Crippen LogP contribution in [0.2, 0.25) is 0 Å². The van der Waals surface area contributed by atoms with Crippen molar-refractivity contribution in [1.82, 2.24) is 0 Å². The van der Waals surface area contributed by atoms with E-state index in [2.05, 4.69) is 16.8 Å². The smallest absolute Gasteiger partial charge is 0.182 e. The third-order valence-corrected chi connectivity index (χ3v) is 2.72. The van der Waals surface area contributed by atoms with Gasteiger partial charge in [-0.25, -0.2) is 0 Å². The van der Waals surface area contributed by atoms with Crippen molar-refractivity contribution < 1.29 is 19.4 Å². The second-order valence-electron chi connectivity index (χ2n) is 2.56. The van der Waals surface area contributed by atoms with Gasteiger partial charge in [-0.2, -0.15) is 4.36 Å². The Hall–Kier alpha value is -0.760. The van der Waals surface area contributed by atoms with Gasteiger partial charge < -0.3 is 0 Å². The molecule has 0 N–H and O–H groups in total. The molecule has 8 heteroatoms. The number of benzene rings is 1. The molecule has 1 rings (SSSR count). The molecule has 1 nitrogen and oxygen atoms in total. The zero-order chi connectivity index (χ0) is 11.1. The molecule has 0 aliphatic carbocycles. The first kappa shape index (κ1) is 11.3. The number of rotatable bonds is 2. The standard InChI is InChI=1S/C6H4F5NS2/c7-14(8,9,10,11)6-3-1-2-5(4-6)12-13/h1-4H. The van der Waals surface area contributed by atoms with Crippen LogP contribution in [0.5, 0.6) is 0 Å². The fourth-order valence-corrected chi connectivity index (χ4v) is 1.57. The summed E-state index contributed by atoms with van der Waals surface area (Å²) >= 11 is 4.10. The number of hydrogen-bond donors (Lipinski definition) is 0. The van der Waals surface area contributed by atoms with Gasteiger partial charge in [0.1, 0.15) is 4.90 Å². The molecule has 0 saturated heterocycles. The number of nitrogens with zero attached hydrogens (tertiary/aromatic N) is 1. The van der Waals surface area contributed by atoms with Crippen molar-refractivity contribution in [2.24, 2.45) is 4.36 Å². The van der Waals surface area contributed by atoms with Crippen LogP contribution in [-0.4, -0.2) is 0 Å². The summed E-state index contributed by atoms with van der Waals surface area (Å²) in [6, 6.07) is 2.47. The van der Waals surface area contributed by atoms with Crippen LogP contribution in [0.1, 0.15) is 0 Å². The van der Waals surface area contributed by atoms with E-state index in [-0.39, 0.29) is 11.8 Å². The van der Waals surface area contributed by atoms with Gasteiger partial charge in [-0.3, -0.25) is 0 Å². The summed E-state index contributed by atoms with van der Waals surface area (Å²) in [6.45, 7) is 0. The fourth-order valence-electron chi connectivity index (χ4n) is 0.780. The summed E-state index contributed by atoms with van der Waals surface area (Å²) in [7, 11) is -9.59. The predicted molar refractivity (Wildman–Crippen MR) is 47.3 cm³/mol. The van der Waals surface area contributed by atoms with Gasteiger partial charge in [-0.1, -0.05) is 25.5 Å². The van der Waals surface area contributed by atoms with E-state index >= 15 is 0 Å². The summed E-state index contributed by atoms with van der Waals surface area (Å²) in [5, 5.41) is 0. The van der Waals surface area contributed by atoms with E-state index in [1.54, 1.807) is 0 Å². The molecular weight excluding hydrogens is 245 g/mol. The Morgan fingerprint density at radius 2 is 1.64 bits per heavy atom. The van der Waals surface area contributed by atoms with Crippen LogP contribution in [0.3, 0.4) is 0 Å². The molecule has 0 bridgehead atoms. The minimum absolute atomic E-state index is 0.231. The maximum Gasteiger partial charge on any atom is 0.310 e. The first-order valence-electron chi connectivity index (χ1n) is 3.20. The largest absolute Gasteiger partial charge is 0.310 e. The molecule has 0 fully saturated rings. The van der Waals surface area contributed by atoms with Gasteiger partial charge >= 0.3 is 10.2 Å². The SMILES string of the molecule is FS(F)(F)(F)(F)c1cccc(N=S)c1. The van der Waals surface area contributed by atoms with Crippen LogP contribution >= 0.6 is 10.2 Å². The summed E-state index contributed by atoms with van der Waals surface area (Å²) < 4.78 is 63.9. The van der Waals surface area contributed by atoms with Crippen molar-refractivity contribution in [2.75, 3.05) is 0 Å². The lowest BCUT2D eigenvalue weighted by Crippen LogP contribution is -2.05. The number of halogens is 5. The molecule has 14 heavy (non-hydrogen) atoms. The van der Waals surface area contributed by atoms with Gasteiger partial charge in [-0.15, -0.1) is 0 Å². The number of hydrogen-bond acceptors (Lipinski definition) is 2. The van der Waals surface area contributed by atoms with Crippen molar-refractivity contribution in [1.29, 1.82) is 0 Å². The highest BCUT2D eigenvalue weighted by atomic mass is 32.5. The van der Waals surface area contributed by atoms with Crippen molar-refractivity contribution in [3.05, 3.63) is 24.3 Å². The van der Waals surface area contributed by atoms with E-state index in [1.165, 1.54) is 0 Å². The highest BCUT2D eigenvalue weighted by Gasteiger charge is 2.65. The van der Waals surface area contributed by atoms with Gasteiger partial charge in [0.05, 0.1) is 5.69 Å². The maximum atomic E-state index is 12.2. The minimum atomic E-state index is -9.59. The first-order valence-corrected chi connectivity index (χ1v) is 5.52. The van der Waals surface area contributed by atoms with Crippen LogP contribution in [0.25, 0.3) is 0 Å². The monoisotopic (exact) mass is 249 g/mol. The van der Waals surface area contributed by atoms with Crippen LogP contribution in [0, 0.1) is 0 Å².